The van der Waals surface area contributed by atoms with Crippen molar-refractivity contribution in [2.45, 2.75) is 6.42 Å². The molecule has 2 aliphatic rings. The van der Waals surface area contributed by atoms with Gasteiger partial charge in [0.2, 0.25) is 5.91 Å². The summed E-state index contributed by atoms with van der Waals surface area (Å²) in [4.78, 5) is 30.5. The third-order valence-electron chi connectivity index (χ3n) is 5.97. The van der Waals surface area contributed by atoms with Crippen LogP contribution in [0.3, 0.4) is 0 Å². The highest BCUT2D eigenvalue weighted by Gasteiger charge is 2.29. The molecule has 2 saturated heterocycles. The Morgan fingerprint density at radius 1 is 0.833 bits per heavy atom. The van der Waals surface area contributed by atoms with E-state index in [2.05, 4.69) is 4.90 Å². The van der Waals surface area contributed by atoms with Gasteiger partial charge in [0.15, 0.2) is 5.78 Å². The molecule has 0 unspecified atom stereocenters. The first kappa shape index (κ1) is 29.0. The zero-order valence-corrected chi connectivity index (χ0v) is 23.2. The van der Waals surface area contributed by atoms with E-state index < -0.39 is 0 Å². The van der Waals surface area contributed by atoms with Crippen molar-refractivity contribution in [2.75, 3.05) is 45.9 Å². The number of piperidine rings is 1. The lowest BCUT2D eigenvalue weighted by molar-refractivity contribution is -0.131. The highest BCUT2D eigenvalue weighted by atomic mass is 35.5. The lowest BCUT2D eigenvalue weighted by Gasteiger charge is -2.31. The maximum absolute atomic E-state index is 13.4. The Hall–Kier alpha value is -1.57. The molecule has 192 valence electrons. The second kappa shape index (κ2) is 13.3. The van der Waals surface area contributed by atoms with Gasteiger partial charge in [0.1, 0.15) is 0 Å². The second-order valence-corrected chi connectivity index (χ2v) is 10.1. The Labute approximate surface area is 237 Å². The summed E-state index contributed by atoms with van der Waals surface area (Å²) in [7, 11) is 0. The van der Waals surface area contributed by atoms with Gasteiger partial charge in [0, 0.05) is 50.3 Å². The monoisotopic (exact) mass is 588 g/mol. The topological polar surface area (TPSA) is 49.9 Å². The first-order valence-corrected chi connectivity index (χ1v) is 12.7. The molecule has 0 atom stereocenters. The van der Waals surface area contributed by atoms with Gasteiger partial charge >= 0.3 is 0 Å². The van der Waals surface area contributed by atoms with Crippen LogP contribution in [0.2, 0.25) is 20.1 Å². The van der Waals surface area contributed by atoms with Crippen molar-refractivity contribution in [3.05, 3.63) is 78.8 Å². The molecule has 0 saturated carbocycles. The number of hydrogen-bond donors (Lipinski definition) is 0. The molecule has 2 heterocycles. The maximum atomic E-state index is 13.4. The number of nitrogens with zero attached hydrogens (tertiary/aromatic N) is 2. The van der Waals surface area contributed by atoms with Gasteiger partial charge in [-0.05, 0) is 47.5 Å². The molecule has 0 N–H and O–H groups in total. The molecule has 10 heteroatoms. The van der Waals surface area contributed by atoms with E-state index in [-0.39, 0.29) is 37.2 Å². The summed E-state index contributed by atoms with van der Waals surface area (Å²) in [5.41, 5.74) is 2.47. The molecule has 2 fully saturated rings. The zero-order valence-electron chi connectivity index (χ0n) is 19.3. The van der Waals surface area contributed by atoms with E-state index >= 15 is 0 Å². The Morgan fingerprint density at radius 3 is 1.81 bits per heavy atom. The average Bonchev–Trinajstić information content (AvgIpc) is 2.85. The molecule has 2 aromatic rings. The highest BCUT2D eigenvalue weighted by Crippen LogP contribution is 2.28. The molecule has 1 amide bonds. The largest absolute Gasteiger partial charge is 0.379 e. The van der Waals surface area contributed by atoms with Crippen LogP contribution < -0.4 is 0 Å². The van der Waals surface area contributed by atoms with Crippen LogP contribution >= 0.6 is 58.8 Å². The fourth-order valence-electron chi connectivity index (χ4n) is 4.06. The molecule has 0 radical (unpaired) electrons. The van der Waals surface area contributed by atoms with Gasteiger partial charge in [-0.3, -0.25) is 14.5 Å². The van der Waals surface area contributed by atoms with Crippen LogP contribution in [0.4, 0.5) is 0 Å². The lowest BCUT2D eigenvalue weighted by Crippen LogP contribution is -2.44. The van der Waals surface area contributed by atoms with E-state index in [9.17, 15) is 9.59 Å². The standard InChI is InChI=1S/C26H24Cl4N2O3.ClH/c27-21-3-1-17(13-23(21)29)11-19-15-32(25(33)5-6-31-7-9-35-10-8-31)16-20(26(19)34)12-18-2-4-22(28)24(30)14-18;/h1-4,11-14H,5-10,15-16H2;1H/b19-11-,20-12+;. The van der Waals surface area contributed by atoms with Crippen LogP contribution in [0.1, 0.15) is 17.5 Å². The number of amides is 1. The molecule has 0 bridgehead atoms. The third kappa shape index (κ3) is 7.48. The quantitative estimate of drug-likeness (QED) is 0.383. The first-order valence-electron chi connectivity index (χ1n) is 11.2. The summed E-state index contributed by atoms with van der Waals surface area (Å²) < 4.78 is 5.38. The van der Waals surface area contributed by atoms with E-state index in [0.29, 0.717) is 57.4 Å². The SMILES string of the molecule is Cl.O=C1/C(=C\c2ccc(Cl)c(Cl)c2)CN(C(=O)CCN2CCOCC2)C/C1=C\c1ccc(Cl)c(Cl)c1. The summed E-state index contributed by atoms with van der Waals surface area (Å²) >= 11 is 24.4. The van der Waals surface area contributed by atoms with Crippen molar-refractivity contribution >= 4 is 82.7 Å². The predicted octanol–water partition coefficient (Wildman–Crippen LogP) is 6.32. The Bertz CT molecular complexity index is 1120. The number of ketones is 1. The minimum atomic E-state index is -0.126. The highest BCUT2D eigenvalue weighted by molar-refractivity contribution is 6.42. The van der Waals surface area contributed by atoms with Crippen molar-refractivity contribution in [3.63, 3.8) is 0 Å². The molecule has 0 aliphatic carbocycles. The molecule has 2 aromatic carbocycles. The second-order valence-electron chi connectivity index (χ2n) is 8.47. The molecule has 5 nitrogen and oxygen atoms in total. The number of carbonyl (C=O) groups is 2. The van der Waals surface area contributed by atoms with Gasteiger partial charge in [-0.25, -0.2) is 0 Å². The number of Topliss-reactive ketones (excluding diaryl/α,β-unsaturated/α-hetero) is 1. The summed E-state index contributed by atoms with van der Waals surface area (Å²) in [6.07, 6.45) is 3.89. The number of ether oxygens (including phenoxy) is 1. The van der Waals surface area contributed by atoms with Gasteiger partial charge in [0.05, 0.1) is 33.3 Å². The van der Waals surface area contributed by atoms with Crippen molar-refractivity contribution in [1.29, 1.82) is 0 Å². The average molecular weight is 591 g/mol. The number of halogens is 5. The normalized spacial score (nSPS) is 19.0. The smallest absolute Gasteiger partial charge is 0.224 e. The van der Waals surface area contributed by atoms with Crippen molar-refractivity contribution < 1.29 is 14.3 Å². The van der Waals surface area contributed by atoms with Crippen molar-refractivity contribution in [2.24, 2.45) is 0 Å². The molecule has 2 aliphatic heterocycles. The van der Waals surface area contributed by atoms with Gasteiger partial charge in [-0.15, -0.1) is 12.4 Å². The number of benzene rings is 2. The van der Waals surface area contributed by atoms with Gasteiger partial charge in [-0.1, -0.05) is 58.5 Å². The number of likely N-dealkylation sites (tertiary alicyclic amines) is 1. The van der Waals surface area contributed by atoms with E-state index in [1.807, 2.05) is 0 Å². The molecule has 0 spiro atoms. The molecule has 36 heavy (non-hydrogen) atoms. The minimum absolute atomic E-state index is 0. The minimum Gasteiger partial charge on any atom is -0.379 e. The van der Waals surface area contributed by atoms with Gasteiger partial charge < -0.3 is 9.64 Å². The Balaban J connectivity index is 0.00000361. The third-order valence-corrected chi connectivity index (χ3v) is 7.45. The van der Waals surface area contributed by atoms with E-state index in [1.165, 1.54) is 0 Å². The van der Waals surface area contributed by atoms with Crippen LogP contribution in [-0.2, 0) is 14.3 Å². The Morgan fingerprint density at radius 2 is 1.33 bits per heavy atom. The van der Waals surface area contributed by atoms with E-state index in [1.54, 1.807) is 53.5 Å². The van der Waals surface area contributed by atoms with Crippen LogP contribution in [0.5, 0.6) is 0 Å². The summed E-state index contributed by atoms with van der Waals surface area (Å²) in [6, 6.07) is 10.3. The summed E-state index contributed by atoms with van der Waals surface area (Å²) in [5, 5.41) is 1.66. The fraction of sp³-hybridized carbons (Fsp3) is 0.308. The van der Waals surface area contributed by atoms with E-state index in [4.69, 9.17) is 51.1 Å². The number of carbonyl (C=O) groups excluding carboxylic acids is 2. The van der Waals surface area contributed by atoms with Crippen LogP contribution in [0.25, 0.3) is 12.2 Å². The molecule has 4 rings (SSSR count). The Kier molecular flexibility index (Phi) is 10.7. The van der Waals surface area contributed by atoms with Crippen LogP contribution in [0, 0.1) is 0 Å². The van der Waals surface area contributed by atoms with Crippen molar-refractivity contribution in [3.8, 4) is 0 Å². The van der Waals surface area contributed by atoms with Crippen molar-refractivity contribution in [1.82, 2.24) is 9.80 Å². The zero-order chi connectivity index (χ0) is 24.9. The van der Waals surface area contributed by atoms with Crippen LogP contribution in [-0.4, -0.2) is 67.4 Å². The van der Waals surface area contributed by atoms with Gasteiger partial charge in [0.25, 0.3) is 0 Å². The van der Waals surface area contributed by atoms with E-state index in [0.717, 1.165) is 24.2 Å². The first-order chi connectivity index (χ1) is 16.8. The number of rotatable bonds is 5. The molecular weight excluding hydrogens is 566 g/mol. The molecule has 0 aromatic heterocycles. The predicted molar refractivity (Wildman–Crippen MR) is 150 cm³/mol. The fourth-order valence-corrected chi connectivity index (χ4v) is 4.67. The lowest BCUT2D eigenvalue weighted by atomic mass is 9.94. The van der Waals surface area contributed by atoms with Gasteiger partial charge in [-0.2, -0.15) is 0 Å². The summed E-state index contributed by atoms with van der Waals surface area (Å²) in [6.45, 7) is 4.09. The summed E-state index contributed by atoms with van der Waals surface area (Å²) in [5.74, 6) is -0.136. The maximum Gasteiger partial charge on any atom is 0.224 e. The molecular formula is C26H25Cl5N2O3. The van der Waals surface area contributed by atoms with Crippen LogP contribution in [0.15, 0.2) is 47.5 Å². The number of morpholine rings is 1. The number of hydrogen-bond acceptors (Lipinski definition) is 4.